The van der Waals surface area contributed by atoms with E-state index in [1.807, 2.05) is 0 Å². The second-order valence-electron chi connectivity index (χ2n) is 9.54. The third-order valence-electron chi connectivity index (χ3n) is 7.63. The second kappa shape index (κ2) is 7.85. The van der Waals surface area contributed by atoms with Crippen molar-refractivity contribution in [2.75, 3.05) is 11.5 Å². The Labute approximate surface area is 211 Å². The van der Waals surface area contributed by atoms with Gasteiger partial charge in [0, 0.05) is 35.9 Å². The van der Waals surface area contributed by atoms with Gasteiger partial charge in [0.2, 0.25) is 17.7 Å². The number of nitriles is 1. The van der Waals surface area contributed by atoms with Crippen molar-refractivity contribution in [1.29, 1.82) is 5.26 Å². The van der Waals surface area contributed by atoms with Crippen molar-refractivity contribution in [2.24, 2.45) is 11.8 Å². The number of rotatable bonds is 5. The molecule has 6 rings (SSSR count). The zero-order chi connectivity index (χ0) is 25.2. The summed E-state index contributed by atoms with van der Waals surface area (Å²) >= 11 is 5.87. The highest BCUT2D eigenvalue weighted by Gasteiger charge is 2.77. The fourth-order valence-electron chi connectivity index (χ4n) is 6.01. The number of hydrogen-bond acceptors (Lipinski definition) is 7. The molecule has 3 fully saturated rings. The molecule has 3 aliphatic heterocycles. The van der Waals surface area contributed by atoms with E-state index in [0.717, 1.165) is 0 Å². The van der Waals surface area contributed by atoms with Crippen LogP contribution >= 0.6 is 11.6 Å². The molecule has 0 radical (unpaired) electrons. The number of anilines is 1. The molecule has 0 saturated carbocycles. The van der Waals surface area contributed by atoms with Gasteiger partial charge in [0.1, 0.15) is 5.60 Å². The topological polar surface area (TPSA) is 110 Å². The van der Waals surface area contributed by atoms with Crippen LogP contribution in [0.2, 0.25) is 5.02 Å². The number of ketones is 1. The summed E-state index contributed by atoms with van der Waals surface area (Å²) in [4.78, 5) is 46.0. The van der Waals surface area contributed by atoms with Crippen molar-refractivity contribution in [3.05, 3.63) is 65.3 Å². The first-order valence-electron chi connectivity index (χ1n) is 11.6. The summed E-state index contributed by atoms with van der Waals surface area (Å²) in [5.74, 6) is -2.44. The van der Waals surface area contributed by atoms with Crippen LogP contribution in [0.5, 0.6) is 5.88 Å². The number of hydrogen-bond donors (Lipinski definition) is 0. The predicted molar refractivity (Wildman–Crippen MR) is 129 cm³/mol. The largest absolute Gasteiger partial charge is 0.478 e. The number of carbonyl (C=O) groups is 3. The molecule has 2 aromatic carbocycles. The number of carbonyl (C=O) groups excluding carboxylic acids is 3. The quantitative estimate of drug-likeness (QED) is 0.488. The van der Waals surface area contributed by atoms with Gasteiger partial charge in [0.15, 0.2) is 5.78 Å². The minimum absolute atomic E-state index is 0.0308. The Kier molecular flexibility index (Phi) is 4.94. The maximum atomic E-state index is 13.9. The van der Waals surface area contributed by atoms with Gasteiger partial charge in [-0.2, -0.15) is 5.26 Å². The van der Waals surface area contributed by atoms with Crippen molar-refractivity contribution in [2.45, 2.75) is 31.0 Å². The number of aromatic nitrogens is 1. The van der Waals surface area contributed by atoms with E-state index in [1.54, 1.807) is 55.5 Å². The average Bonchev–Trinajstić information content (AvgIpc) is 3.41. The molecule has 36 heavy (non-hydrogen) atoms. The van der Waals surface area contributed by atoms with Gasteiger partial charge in [0.05, 0.1) is 46.4 Å². The smallest absolute Gasteiger partial charge is 0.241 e. The van der Waals surface area contributed by atoms with Crippen molar-refractivity contribution < 1.29 is 23.9 Å². The van der Waals surface area contributed by atoms with Gasteiger partial charge >= 0.3 is 0 Å². The molecule has 0 spiro atoms. The Balaban J connectivity index is 1.36. The van der Waals surface area contributed by atoms with E-state index in [9.17, 15) is 19.6 Å². The number of ether oxygens (including phenoxy) is 2. The van der Waals surface area contributed by atoms with E-state index in [1.165, 1.54) is 11.1 Å². The van der Waals surface area contributed by atoms with Crippen LogP contribution in [0.1, 0.15) is 25.3 Å². The van der Waals surface area contributed by atoms with Crippen molar-refractivity contribution in [1.82, 2.24) is 4.98 Å². The fourth-order valence-corrected chi connectivity index (χ4v) is 6.12. The van der Waals surface area contributed by atoms with Gasteiger partial charge in [-0.3, -0.25) is 14.4 Å². The van der Waals surface area contributed by atoms with Crippen LogP contribution in [-0.2, 0) is 19.1 Å². The molecule has 4 atom stereocenters. The third-order valence-corrected chi connectivity index (χ3v) is 7.86. The zero-order valence-corrected chi connectivity index (χ0v) is 20.0. The molecule has 0 aliphatic carbocycles. The Morgan fingerprint density at radius 1 is 1.11 bits per heavy atom. The molecule has 0 N–H and O–H groups in total. The molecule has 2 bridgehead atoms. The Bertz CT molecular complexity index is 1500. The van der Waals surface area contributed by atoms with Crippen LogP contribution in [0.4, 0.5) is 5.69 Å². The molecule has 9 heteroatoms. The average molecular weight is 502 g/mol. The van der Waals surface area contributed by atoms with Crippen LogP contribution in [0.25, 0.3) is 10.8 Å². The lowest BCUT2D eigenvalue weighted by Gasteiger charge is -2.30. The van der Waals surface area contributed by atoms with Gasteiger partial charge in [-0.15, -0.1) is 0 Å². The zero-order valence-electron chi connectivity index (χ0n) is 19.2. The third kappa shape index (κ3) is 3.03. The highest BCUT2D eigenvalue weighted by molar-refractivity contribution is 6.30. The number of nitrogens with zero attached hydrogens (tertiary/aromatic N) is 3. The minimum atomic E-state index is -1.38. The molecule has 3 saturated heterocycles. The van der Waals surface area contributed by atoms with E-state index in [2.05, 4.69) is 11.1 Å². The second-order valence-corrected chi connectivity index (χ2v) is 9.98. The molecule has 3 aromatic rings. The molecular weight excluding hydrogens is 482 g/mol. The Morgan fingerprint density at radius 3 is 2.58 bits per heavy atom. The Hall–Kier alpha value is -3.80. The highest BCUT2D eigenvalue weighted by Crippen LogP contribution is 2.61. The molecule has 8 nitrogen and oxygen atoms in total. The molecule has 0 unspecified atom stereocenters. The number of pyridine rings is 1. The minimum Gasteiger partial charge on any atom is -0.478 e. The van der Waals surface area contributed by atoms with E-state index >= 15 is 0 Å². The van der Waals surface area contributed by atoms with Gasteiger partial charge < -0.3 is 9.47 Å². The van der Waals surface area contributed by atoms with Crippen LogP contribution < -0.4 is 9.64 Å². The maximum absolute atomic E-state index is 13.9. The predicted octanol–water partition coefficient (Wildman–Crippen LogP) is 3.84. The monoisotopic (exact) mass is 501 g/mol. The van der Waals surface area contributed by atoms with Crippen LogP contribution in [0.15, 0.2) is 54.7 Å². The van der Waals surface area contributed by atoms with Gasteiger partial charge in [-0.1, -0.05) is 35.9 Å². The van der Waals surface area contributed by atoms with Crippen LogP contribution in [0, 0.1) is 23.2 Å². The molecule has 4 heterocycles. The van der Waals surface area contributed by atoms with E-state index in [4.69, 9.17) is 21.1 Å². The lowest BCUT2D eigenvalue weighted by atomic mass is 9.66. The van der Waals surface area contributed by atoms with Crippen molar-refractivity contribution in [3.63, 3.8) is 0 Å². The summed E-state index contributed by atoms with van der Waals surface area (Å²) in [5.41, 5.74) is -1.68. The normalized spacial score (nSPS) is 28.6. The molecule has 180 valence electrons. The first-order chi connectivity index (χ1) is 17.3. The molecule has 3 aliphatic rings. The first kappa shape index (κ1) is 22.7. The van der Waals surface area contributed by atoms with Crippen molar-refractivity contribution >= 4 is 45.7 Å². The Morgan fingerprint density at radius 2 is 1.86 bits per heavy atom. The van der Waals surface area contributed by atoms with Crippen molar-refractivity contribution in [3.8, 4) is 11.9 Å². The molecule has 2 amide bonds. The lowest BCUT2D eigenvalue weighted by molar-refractivity contribution is -0.140. The van der Waals surface area contributed by atoms with Crippen LogP contribution in [0.3, 0.4) is 0 Å². The van der Waals surface area contributed by atoms with Gasteiger partial charge in [0.25, 0.3) is 0 Å². The van der Waals surface area contributed by atoms with Gasteiger partial charge in [-0.05, 0) is 25.1 Å². The number of benzene rings is 2. The standard InChI is InChI=1S/C27H20ClN3O5/c1-26-20(32)12-27(36-26,10-11-35-21-9-7-16(28)14-30-21)23-22(26)24(33)31(25(23)34)19-8-6-15(13-29)17-4-2-3-5-18(17)19/h2-9,14,22-23H,10-12H2,1H3/t22-,23+,26-,27+/m0/s1. The number of fused-ring (bicyclic) bond motifs is 6. The first-order valence-corrected chi connectivity index (χ1v) is 11.9. The SMILES string of the molecule is C[C@]12O[C@](CCOc3ccc(Cl)cn3)(CC1=O)[C@H]1C(=O)N(c3ccc(C#N)c4ccccc34)C(=O)[C@H]12. The number of imide groups is 1. The number of amides is 2. The summed E-state index contributed by atoms with van der Waals surface area (Å²) in [6, 6.07) is 15.8. The summed E-state index contributed by atoms with van der Waals surface area (Å²) in [6.45, 7) is 1.75. The maximum Gasteiger partial charge on any atom is 0.241 e. The lowest BCUT2D eigenvalue weighted by Crippen LogP contribution is -2.47. The molecular formula is C27H20ClN3O5. The van der Waals surface area contributed by atoms with Crippen LogP contribution in [-0.4, -0.2) is 40.4 Å². The summed E-state index contributed by atoms with van der Waals surface area (Å²) in [7, 11) is 0. The number of Topliss-reactive ketones (excluding diaryl/α,β-unsaturated/α-hetero) is 1. The fraction of sp³-hybridized carbons (Fsp3) is 0.296. The van der Waals surface area contributed by atoms with E-state index in [-0.39, 0.29) is 25.2 Å². The van der Waals surface area contributed by atoms with Gasteiger partial charge in [-0.25, -0.2) is 9.88 Å². The summed E-state index contributed by atoms with van der Waals surface area (Å²) in [5, 5.41) is 11.3. The summed E-state index contributed by atoms with van der Waals surface area (Å²) in [6.07, 6.45) is 1.73. The molecule has 1 aromatic heterocycles. The highest BCUT2D eigenvalue weighted by atomic mass is 35.5. The van der Waals surface area contributed by atoms with E-state index in [0.29, 0.717) is 32.9 Å². The number of halogens is 1. The summed E-state index contributed by atoms with van der Waals surface area (Å²) < 4.78 is 12.0. The van der Waals surface area contributed by atoms with E-state index < -0.39 is 34.9 Å².